The Labute approximate surface area is 170 Å². The van der Waals surface area contributed by atoms with E-state index in [0.29, 0.717) is 5.56 Å². The molecule has 0 spiro atoms. The van der Waals surface area contributed by atoms with Gasteiger partial charge in [0.15, 0.2) is 0 Å². The Morgan fingerprint density at radius 3 is 2.44 bits per heavy atom. The molecule has 3 aromatic rings. The average Bonchev–Trinajstić information content (AvgIpc) is 2.66. The molecule has 0 radical (unpaired) electrons. The minimum absolute atomic E-state index is 0. The van der Waals surface area contributed by atoms with Crippen molar-refractivity contribution in [2.45, 2.75) is 19.6 Å². The van der Waals surface area contributed by atoms with Gasteiger partial charge in [-0.2, -0.15) is 0 Å². The van der Waals surface area contributed by atoms with E-state index < -0.39 is 0 Å². The summed E-state index contributed by atoms with van der Waals surface area (Å²) in [6.07, 6.45) is 0.945. The molecule has 0 atom stereocenters. The summed E-state index contributed by atoms with van der Waals surface area (Å²) in [7, 11) is 0. The van der Waals surface area contributed by atoms with Crippen LogP contribution < -0.4 is 10.1 Å². The van der Waals surface area contributed by atoms with Crippen LogP contribution in [0.2, 0.25) is 5.02 Å². The van der Waals surface area contributed by atoms with E-state index in [1.807, 2.05) is 54.6 Å². The molecule has 142 valence electrons. The normalized spacial score (nSPS) is 10.3. The number of nitrogens with one attached hydrogen (secondary N) is 1. The molecule has 0 aliphatic rings. The van der Waals surface area contributed by atoms with Crippen LogP contribution >= 0.6 is 24.0 Å². The van der Waals surface area contributed by atoms with E-state index in [4.69, 9.17) is 16.3 Å². The van der Waals surface area contributed by atoms with E-state index in [9.17, 15) is 4.39 Å². The van der Waals surface area contributed by atoms with Gasteiger partial charge in [-0.1, -0.05) is 54.1 Å². The van der Waals surface area contributed by atoms with Gasteiger partial charge in [0.2, 0.25) is 0 Å². The summed E-state index contributed by atoms with van der Waals surface area (Å²) in [5.41, 5.74) is 2.94. The zero-order valence-electron chi connectivity index (χ0n) is 14.8. The first kappa shape index (κ1) is 21.2. The maximum atomic E-state index is 13.6. The van der Waals surface area contributed by atoms with Crippen molar-refractivity contribution in [2.75, 3.05) is 6.54 Å². The standard InChI is InChI=1S/C22H21ClFNO.ClH/c23-20-10-8-17(9-11-20)12-13-25-15-18-4-3-6-21(14-18)26-16-19-5-1-2-7-22(19)24;/h1-11,14,25H,12-13,15-16H2;1H. The van der Waals surface area contributed by atoms with Crippen LogP contribution in [-0.2, 0) is 19.6 Å². The summed E-state index contributed by atoms with van der Waals surface area (Å²) in [5.74, 6) is 0.498. The molecule has 0 heterocycles. The van der Waals surface area contributed by atoms with E-state index in [-0.39, 0.29) is 24.8 Å². The van der Waals surface area contributed by atoms with Crippen molar-refractivity contribution in [1.29, 1.82) is 0 Å². The molecule has 0 amide bonds. The SMILES string of the molecule is Cl.Fc1ccccc1COc1cccc(CNCCc2ccc(Cl)cc2)c1. The van der Waals surface area contributed by atoms with Gasteiger partial charge in [0.1, 0.15) is 18.2 Å². The molecule has 5 heteroatoms. The van der Waals surface area contributed by atoms with E-state index in [1.54, 1.807) is 12.1 Å². The van der Waals surface area contributed by atoms with Crippen molar-refractivity contribution in [3.63, 3.8) is 0 Å². The van der Waals surface area contributed by atoms with Crippen molar-refractivity contribution in [1.82, 2.24) is 5.32 Å². The summed E-state index contributed by atoms with van der Waals surface area (Å²) in [6, 6.07) is 22.4. The molecule has 0 aliphatic carbocycles. The molecule has 0 aliphatic heterocycles. The zero-order valence-corrected chi connectivity index (χ0v) is 16.4. The predicted molar refractivity (Wildman–Crippen MR) is 111 cm³/mol. The molecule has 2 nitrogen and oxygen atoms in total. The third-order valence-corrected chi connectivity index (χ3v) is 4.34. The minimum atomic E-state index is -0.243. The molecule has 3 aromatic carbocycles. The van der Waals surface area contributed by atoms with Crippen LogP contribution in [-0.4, -0.2) is 6.54 Å². The largest absolute Gasteiger partial charge is 0.489 e. The quantitative estimate of drug-likeness (QED) is 0.477. The van der Waals surface area contributed by atoms with E-state index >= 15 is 0 Å². The maximum Gasteiger partial charge on any atom is 0.129 e. The predicted octanol–water partition coefficient (Wildman–Crippen LogP) is 5.81. The Morgan fingerprint density at radius 2 is 1.67 bits per heavy atom. The lowest BCUT2D eigenvalue weighted by molar-refractivity contribution is 0.299. The first-order chi connectivity index (χ1) is 12.7. The zero-order chi connectivity index (χ0) is 18.2. The fraction of sp³-hybridized carbons (Fsp3) is 0.182. The highest BCUT2D eigenvalue weighted by atomic mass is 35.5. The Bertz CT molecular complexity index is 840. The second-order valence-electron chi connectivity index (χ2n) is 6.08. The molecule has 0 bridgehead atoms. The van der Waals surface area contributed by atoms with E-state index in [2.05, 4.69) is 5.32 Å². The molecule has 0 unspecified atom stereocenters. The number of halogens is 3. The highest BCUT2D eigenvalue weighted by Gasteiger charge is 2.03. The van der Waals surface area contributed by atoms with Gasteiger partial charge in [0.25, 0.3) is 0 Å². The Balaban J connectivity index is 0.00000261. The van der Waals surface area contributed by atoms with Crippen molar-refractivity contribution in [3.8, 4) is 5.75 Å². The summed E-state index contributed by atoms with van der Waals surface area (Å²) < 4.78 is 19.4. The minimum Gasteiger partial charge on any atom is -0.489 e. The van der Waals surface area contributed by atoms with Gasteiger partial charge in [-0.3, -0.25) is 0 Å². The highest BCUT2D eigenvalue weighted by Crippen LogP contribution is 2.16. The summed E-state index contributed by atoms with van der Waals surface area (Å²) in [4.78, 5) is 0. The second kappa shape index (κ2) is 10.9. The lowest BCUT2D eigenvalue weighted by Gasteiger charge is -2.10. The van der Waals surface area contributed by atoms with E-state index in [0.717, 1.165) is 35.8 Å². The van der Waals surface area contributed by atoms with Crippen molar-refractivity contribution < 1.29 is 9.13 Å². The van der Waals surface area contributed by atoms with Crippen molar-refractivity contribution in [2.24, 2.45) is 0 Å². The summed E-state index contributed by atoms with van der Waals surface area (Å²) >= 11 is 5.89. The number of ether oxygens (including phenoxy) is 1. The Kier molecular flexibility index (Phi) is 8.59. The van der Waals surface area contributed by atoms with Crippen LogP contribution in [0.3, 0.4) is 0 Å². The van der Waals surface area contributed by atoms with Crippen LogP contribution in [0.1, 0.15) is 16.7 Å². The van der Waals surface area contributed by atoms with Crippen LogP contribution in [0, 0.1) is 5.82 Å². The monoisotopic (exact) mass is 405 g/mol. The Morgan fingerprint density at radius 1 is 0.889 bits per heavy atom. The van der Waals surface area contributed by atoms with Gasteiger partial charge in [-0.25, -0.2) is 4.39 Å². The maximum absolute atomic E-state index is 13.6. The highest BCUT2D eigenvalue weighted by molar-refractivity contribution is 6.30. The molecule has 0 saturated carbocycles. The Hall–Kier alpha value is -2.07. The molecule has 0 saturated heterocycles. The van der Waals surface area contributed by atoms with Gasteiger partial charge >= 0.3 is 0 Å². The molecular weight excluding hydrogens is 384 g/mol. The third kappa shape index (κ3) is 6.87. The van der Waals surface area contributed by atoms with Gasteiger partial charge in [-0.05, 0) is 54.4 Å². The van der Waals surface area contributed by atoms with Crippen LogP contribution in [0.15, 0.2) is 72.8 Å². The molecule has 1 N–H and O–H groups in total. The molecule has 27 heavy (non-hydrogen) atoms. The lowest BCUT2D eigenvalue weighted by Crippen LogP contribution is -2.16. The van der Waals surface area contributed by atoms with Gasteiger partial charge in [0.05, 0.1) is 0 Å². The molecule has 0 fully saturated rings. The first-order valence-corrected chi connectivity index (χ1v) is 8.99. The van der Waals surface area contributed by atoms with Crippen molar-refractivity contribution in [3.05, 3.63) is 100 Å². The molecular formula is C22H22Cl2FNO. The van der Waals surface area contributed by atoms with Gasteiger partial charge in [-0.15, -0.1) is 12.4 Å². The number of rotatable bonds is 8. The number of hydrogen-bond donors (Lipinski definition) is 1. The smallest absolute Gasteiger partial charge is 0.129 e. The van der Waals surface area contributed by atoms with Crippen LogP contribution in [0.5, 0.6) is 5.75 Å². The molecule has 3 rings (SSSR count). The summed E-state index contributed by atoms with van der Waals surface area (Å²) in [5, 5.41) is 4.18. The lowest BCUT2D eigenvalue weighted by atomic mass is 10.1. The first-order valence-electron chi connectivity index (χ1n) is 8.61. The number of hydrogen-bond acceptors (Lipinski definition) is 2. The fourth-order valence-corrected chi connectivity index (χ4v) is 2.76. The van der Waals surface area contributed by atoms with E-state index in [1.165, 1.54) is 11.6 Å². The summed E-state index contributed by atoms with van der Waals surface area (Å²) in [6.45, 7) is 1.85. The van der Waals surface area contributed by atoms with Crippen LogP contribution in [0.25, 0.3) is 0 Å². The van der Waals surface area contributed by atoms with Crippen molar-refractivity contribution >= 4 is 24.0 Å². The fourth-order valence-electron chi connectivity index (χ4n) is 2.64. The van der Waals surface area contributed by atoms with Gasteiger partial charge < -0.3 is 10.1 Å². The third-order valence-electron chi connectivity index (χ3n) is 4.08. The average molecular weight is 406 g/mol. The molecule has 0 aromatic heterocycles. The second-order valence-corrected chi connectivity index (χ2v) is 6.52. The van der Waals surface area contributed by atoms with Crippen LogP contribution in [0.4, 0.5) is 4.39 Å². The topological polar surface area (TPSA) is 21.3 Å². The van der Waals surface area contributed by atoms with Gasteiger partial charge in [0, 0.05) is 17.1 Å². The number of benzene rings is 3.